The number of fused-ring (bicyclic) bond motifs is 1. The SMILES string of the molecule is COc1cc(C(=O)Nc2cc(C)cc(C3CNc4ccncc4S3)c2)cc(OC)c1OC. The Hall–Kier alpha value is -3.39. The van der Waals surface area contributed by atoms with Crippen molar-refractivity contribution < 1.29 is 19.0 Å². The summed E-state index contributed by atoms with van der Waals surface area (Å²) in [6.07, 6.45) is 3.66. The standard InChI is InChI=1S/C24H25N3O4S/c1-14-7-15(21-13-26-18-5-6-25-12-22(18)32-21)9-17(8-14)27-24(28)16-10-19(29-2)23(31-4)20(11-16)30-3/h5-12,21,26H,13H2,1-4H3,(H,27,28). The van der Waals surface area contributed by atoms with Crippen molar-refractivity contribution in [3.8, 4) is 17.2 Å². The van der Waals surface area contributed by atoms with Crippen LogP contribution in [0.5, 0.6) is 17.2 Å². The number of amides is 1. The molecule has 2 N–H and O–H groups in total. The maximum absolute atomic E-state index is 13.0. The van der Waals surface area contributed by atoms with E-state index in [1.807, 2.05) is 31.3 Å². The minimum atomic E-state index is -0.259. The van der Waals surface area contributed by atoms with Crippen LogP contribution in [0.3, 0.4) is 0 Å². The van der Waals surface area contributed by atoms with Crippen LogP contribution in [-0.2, 0) is 0 Å². The molecule has 1 amide bonds. The summed E-state index contributed by atoms with van der Waals surface area (Å²) in [6.45, 7) is 2.82. The third-order valence-corrected chi connectivity index (χ3v) is 6.49. The number of nitrogens with one attached hydrogen (secondary N) is 2. The van der Waals surface area contributed by atoms with Crippen molar-refractivity contribution in [2.75, 3.05) is 38.5 Å². The lowest BCUT2D eigenvalue weighted by Crippen LogP contribution is -2.16. The molecule has 0 spiro atoms. The van der Waals surface area contributed by atoms with Crippen molar-refractivity contribution in [2.45, 2.75) is 17.1 Å². The Kier molecular flexibility index (Phi) is 6.41. The van der Waals surface area contributed by atoms with Gasteiger partial charge in [0.1, 0.15) is 0 Å². The number of aromatic nitrogens is 1. The molecule has 0 saturated carbocycles. The molecule has 2 aromatic carbocycles. The first-order chi connectivity index (χ1) is 15.5. The Morgan fingerprint density at radius 1 is 1.09 bits per heavy atom. The molecule has 8 heteroatoms. The van der Waals surface area contributed by atoms with Crippen LogP contribution in [-0.4, -0.2) is 38.8 Å². The maximum Gasteiger partial charge on any atom is 0.255 e. The quantitative estimate of drug-likeness (QED) is 0.550. The molecule has 166 valence electrons. The van der Waals surface area contributed by atoms with Crippen LogP contribution in [0, 0.1) is 6.92 Å². The highest BCUT2D eigenvalue weighted by atomic mass is 32.2. The molecule has 0 radical (unpaired) electrons. The number of nitrogens with zero attached hydrogens (tertiary/aromatic N) is 1. The first-order valence-corrected chi connectivity index (χ1v) is 11.0. The number of methoxy groups -OCH3 is 3. The van der Waals surface area contributed by atoms with Crippen molar-refractivity contribution >= 4 is 29.0 Å². The molecule has 0 fully saturated rings. The van der Waals surface area contributed by atoms with E-state index in [0.29, 0.717) is 22.8 Å². The summed E-state index contributed by atoms with van der Waals surface area (Å²) in [4.78, 5) is 18.4. The molecule has 7 nitrogen and oxygen atoms in total. The molecule has 1 aliphatic rings. The second-order valence-corrected chi connectivity index (χ2v) is 8.60. The van der Waals surface area contributed by atoms with E-state index in [4.69, 9.17) is 14.2 Å². The van der Waals surface area contributed by atoms with Gasteiger partial charge in [0, 0.05) is 35.1 Å². The molecule has 0 bridgehead atoms. The zero-order valence-corrected chi connectivity index (χ0v) is 19.2. The molecule has 0 aliphatic carbocycles. The van der Waals surface area contributed by atoms with Gasteiger partial charge in [-0.2, -0.15) is 0 Å². The van der Waals surface area contributed by atoms with Gasteiger partial charge in [-0.1, -0.05) is 6.07 Å². The second kappa shape index (κ2) is 9.40. The topological polar surface area (TPSA) is 81.7 Å². The van der Waals surface area contributed by atoms with E-state index in [0.717, 1.165) is 33.9 Å². The fourth-order valence-electron chi connectivity index (χ4n) is 3.69. The lowest BCUT2D eigenvalue weighted by atomic mass is 10.1. The van der Waals surface area contributed by atoms with E-state index in [9.17, 15) is 4.79 Å². The Morgan fingerprint density at radius 2 is 1.84 bits per heavy atom. The van der Waals surface area contributed by atoms with Crippen LogP contribution < -0.4 is 24.8 Å². The molecule has 4 rings (SSSR count). The Morgan fingerprint density at radius 3 is 2.53 bits per heavy atom. The zero-order valence-electron chi connectivity index (χ0n) is 18.4. The Labute approximate surface area is 191 Å². The number of aryl methyl sites for hydroxylation is 1. The Bertz CT molecular complexity index is 1130. The minimum absolute atomic E-state index is 0.212. The monoisotopic (exact) mass is 451 g/mol. The predicted octanol–water partition coefficient (Wildman–Crippen LogP) is 4.93. The smallest absolute Gasteiger partial charge is 0.255 e. The van der Waals surface area contributed by atoms with Gasteiger partial charge >= 0.3 is 0 Å². The summed E-state index contributed by atoms with van der Waals surface area (Å²) in [5.74, 6) is 1.04. The molecule has 1 unspecified atom stereocenters. The van der Waals surface area contributed by atoms with Gasteiger partial charge < -0.3 is 24.8 Å². The fourth-order valence-corrected chi connectivity index (χ4v) is 4.82. The van der Waals surface area contributed by atoms with Crippen molar-refractivity contribution in [1.29, 1.82) is 0 Å². The van der Waals surface area contributed by atoms with E-state index >= 15 is 0 Å². The fraction of sp³-hybridized carbons (Fsp3) is 0.250. The van der Waals surface area contributed by atoms with Crippen LogP contribution >= 0.6 is 11.8 Å². The number of benzene rings is 2. The minimum Gasteiger partial charge on any atom is -0.493 e. The predicted molar refractivity (Wildman–Crippen MR) is 127 cm³/mol. The summed E-state index contributed by atoms with van der Waals surface area (Å²) in [5.41, 5.74) is 4.45. The highest BCUT2D eigenvalue weighted by molar-refractivity contribution is 7.99. The number of anilines is 2. The first kappa shape index (κ1) is 21.8. The van der Waals surface area contributed by atoms with Gasteiger partial charge in [-0.15, -0.1) is 11.8 Å². The summed E-state index contributed by atoms with van der Waals surface area (Å²) in [5, 5.41) is 6.68. The normalized spacial score (nSPS) is 14.7. The van der Waals surface area contributed by atoms with Gasteiger partial charge in [-0.25, -0.2) is 0 Å². The molecule has 0 saturated heterocycles. The summed E-state index contributed by atoms with van der Waals surface area (Å²) >= 11 is 1.77. The van der Waals surface area contributed by atoms with Gasteiger partial charge in [-0.05, 0) is 48.4 Å². The van der Waals surface area contributed by atoms with Gasteiger partial charge in [0.25, 0.3) is 5.91 Å². The summed E-state index contributed by atoms with van der Waals surface area (Å²) < 4.78 is 16.1. The van der Waals surface area contributed by atoms with Crippen molar-refractivity contribution in [3.63, 3.8) is 0 Å². The molecule has 1 aromatic heterocycles. The first-order valence-electron chi connectivity index (χ1n) is 10.1. The third kappa shape index (κ3) is 4.45. The van der Waals surface area contributed by atoms with E-state index in [-0.39, 0.29) is 11.2 Å². The number of carbonyl (C=O) groups excluding carboxylic acids is 1. The molecule has 32 heavy (non-hydrogen) atoms. The summed E-state index contributed by atoms with van der Waals surface area (Å²) in [6, 6.07) is 11.4. The van der Waals surface area contributed by atoms with Crippen molar-refractivity contribution in [3.05, 3.63) is 65.5 Å². The second-order valence-electron chi connectivity index (χ2n) is 7.36. The van der Waals surface area contributed by atoms with Gasteiger partial charge in [0.05, 0.1) is 32.3 Å². The molecular weight excluding hydrogens is 426 g/mol. The van der Waals surface area contributed by atoms with Crippen LogP contribution in [0.1, 0.15) is 26.7 Å². The zero-order chi connectivity index (χ0) is 22.7. The van der Waals surface area contributed by atoms with Gasteiger partial charge in [0.15, 0.2) is 11.5 Å². The lowest BCUT2D eigenvalue weighted by Gasteiger charge is -2.26. The number of rotatable bonds is 6. The molecule has 3 aromatic rings. The average molecular weight is 452 g/mol. The number of ether oxygens (including phenoxy) is 3. The van der Waals surface area contributed by atoms with Crippen LogP contribution in [0.15, 0.2) is 53.7 Å². The average Bonchev–Trinajstić information content (AvgIpc) is 2.82. The highest BCUT2D eigenvalue weighted by Crippen LogP contribution is 2.43. The molecule has 1 atom stereocenters. The van der Waals surface area contributed by atoms with E-state index in [2.05, 4.69) is 21.7 Å². The highest BCUT2D eigenvalue weighted by Gasteiger charge is 2.22. The van der Waals surface area contributed by atoms with Crippen LogP contribution in [0.2, 0.25) is 0 Å². The number of carbonyl (C=O) groups is 1. The largest absolute Gasteiger partial charge is 0.493 e. The molecule has 2 heterocycles. The van der Waals surface area contributed by atoms with E-state index in [1.54, 1.807) is 30.1 Å². The van der Waals surface area contributed by atoms with Crippen molar-refractivity contribution in [2.24, 2.45) is 0 Å². The molecule has 1 aliphatic heterocycles. The summed E-state index contributed by atoms with van der Waals surface area (Å²) in [7, 11) is 4.58. The van der Waals surface area contributed by atoms with E-state index in [1.165, 1.54) is 21.3 Å². The van der Waals surface area contributed by atoms with Crippen LogP contribution in [0.4, 0.5) is 11.4 Å². The lowest BCUT2D eigenvalue weighted by molar-refractivity contribution is 0.102. The number of hydrogen-bond donors (Lipinski definition) is 2. The van der Waals surface area contributed by atoms with Gasteiger partial charge in [0.2, 0.25) is 5.75 Å². The number of thioether (sulfide) groups is 1. The molecular formula is C24H25N3O4S. The Balaban J connectivity index is 1.58. The van der Waals surface area contributed by atoms with Crippen molar-refractivity contribution in [1.82, 2.24) is 4.98 Å². The van der Waals surface area contributed by atoms with Gasteiger partial charge in [-0.3, -0.25) is 9.78 Å². The third-order valence-electron chi connectivity index (χ3n) is 5.19. The van der Waals surface area contributed by atoms with Crippen LogP contribution in [0.25, 0.3) is 0 Å². The van der Waals surface area contributed by atoms with E-state index < -0.39 is 0 Å². The number of hydrogen-bond acceptors (Lipinski definition) is 7. The maximum atomic E-state index is 13.0. The number of pyridine rings is 1.